The average molecular weight is 330 g/mol. The number of alkyl halides is 1. The van der Waals surface area contributed by atoms with E-state index in [1.54, 1.807) is 0 Å². The largest absolute Gasteiger partial charge is 0.149 e. The lowest BCUT2D eigenvalue weighted by molar-refractivity contribution is 0.589. The van der Waals surface area contributed by atoms with Crippen molar-refractivity contribution in [1.29, 1.82) is 0 Å². The highest BCUT2D eigenvalue weighted by atomic mass is 79.9. The third-order valence-electron chi connectivity index (χ3n) is 2.73. The second-order valence-electron chi connectivity index (χ2n) is 4.13. The maximum atomic E-state index is 6.06. The summed E-state index contributed by atoms with van der Waals surface area (Å²) in [4.78, 5) is 1.42. The minimum absolute atomic E-state index is 0.525. The number of hydrogen-bond acceptors (Lipinski definition) is 1. The van der Waals surface area contributed by atoms with Gasteiger partial charge in [0.15, 0.2) is 0 Å². The average Bonchev–Trinajstić information content (AvgIpc) is 2.84. The van der Waals surface area contributed by atoms with Gasteiger partial charge in [0.05, 0.1) is 0 Å². The van der Waals surface area contributed by atoms with Gasteiger partial charge in [-0.2, -0.15) is 0 Å². The van der Waals surface area contributed by atoms with Crippen LogP contribution in [0.3, 0.4) is 0 Å². The molecule has 0 bridgehead atoms. The van der Waals surface area contributed by atoms with Crippen molar-refractivity contribution in [3.8, 4) is 0 Å². The summed E-state index contributed by atoms with van der Waals surface area (Å²) >= 11 is 11.3. The summed E-state index contributed by atoms with van der Waals surface area (Å²) in [7, 11) is 0. The summed E-state index contributed by atoms with van der Waals surface area (Å²) < 4.78 is 1.13. The van der Waals surface area contributed by atoms with E-state index < -0.39 is 0 Å². The van der Waals surface area contributed by atoms with E-state index in [0.29, 0.717) is 11.8 Å². The zero-order valence-corrected chi connectivity index (χ0v) is 12.6. The van der Waals surface area contributed by atoms with E-state index in [9.17, 15) is 0 Å². The number of thiophene rings is 1. The molecule has 17 heavy (non-hydrogen) atoms. The topological polar surface area (TPSA) is 0 Å². The molecular weight excluding hydrogens is 316 g/mol. The molecule has 0 saturated carbocycles. The van der Waals surface area contributed by atoms with Crippen molar-refractivity contribution in [3.63, 3.8) is 0 Å². The van der Waals surface area contributed by atoms with Crippen LogP contribution in [0, 0.1) is 5.92 Å². The molecule has 1 unspecified atom stereocenters. The van der Waals surface area contributed by atoms with Crippen molar-refractivity contribution in [1.82, 2.24) is 0 Å². The van der Waals surface area contributed by atoms with Gasteiger partial charge in [-0.3, -0.25) is 0 Å². The molecule has 0 fully saturated rings. The zero-order valence-electron chi connectivity index (χ0n) is 9.40. The van der Waals surface area contributed by atoms with Crippen molar-refractivity contribution in [2.24, 2.45) is 5.92 Å². The summed E-state index contributed by atoms with van der Waals surface area (Å²) in [5.41, 5.74) is 1.36. The number of halogens is 2. The normalized spacial score (nSPS) is 12.6. The van der Waals surface area contributed by atoms with E-state index in [4.69, 9.17) is 11.6 Å². The van der Waals surface area contributed by atoms with E-state index in [1.165, 1.54) is 10.4 Å². The Hall–Kier alpha value is -0.310. The fourth-order valence-corrected chi connectivity index (χ4v) is 3.15. The van der Waals surface area contributed by atoms with E-state index in [0.717, 1.165) is 17.3 Å². The van der Waals surface area contributed by atoms with Crippen LogP contribution in [0.1, 0.15) is 10.4 Å². The van der Waals surface area contributed by atoms with Gasteiger partial charge < -0.3 is 0 Å². The predicted octanol–water partition coefficient (Wildman–Crippen LogP) is 5.15. The van der Waals surface area contributed by atoms with Gasteiger partial charge in [-0.05, 0) is 47.9 Å². The highest BCUT2D eigenvalue weighted by molar-refractivity contribution is 9.10. The van der Waals surface area contributed by atoms with Gasteiger partial charge in [-0.25, -0.2) is 0 Å². The Labute approximate surface area is 120 Å². The van der Waals surface area contributed by atoms with E-state index >= 15 is 0 Å². The minimum atomic E-state index is 0.525. The predicted molar refractivity (Wildman–Crippen MR) is 80.1 cm³/mol. The molecule has 3 heteroatoms. The first-order chi connectivity index (χ1) is 8.28. The quantitative estimate of drug-likeness (QED) is 0.665. The zero-order chi connectivity index (χ0) is 12.1. The van der Waals surface area contributed by atoms with E-state index in [1.807, 2.05) is 11.3 Å². The Bertz CT molecular complexity index is 436. The van der Waals surface area contributed by atoms with Gasteiger partial charge in [0.2, 0.25) is 0 Å². The smallest absolute Gasteiger partial charge is 0.0258 e. The Morgan fingerprint density at radius 3 is 2.47 bits per heavy atom. The van der Waals surface area contributed by atoms with Crippen LogP contribution in [0.5, 0.6) is 0 Å². The molecule has 2 rings (SSSR count). The summed E-state index contributed by atoms with van der Waals surface area (Å²) in [6.07, 6.45) is 2.13. The number of rotatable bonds is 5. The molecule has 0 amide bonds. The molecule has 1 aromatic carbocycles. The molecule has 1 heterocycles. The Morgan fingerprint density at radius 1 is 1.12 bits per heavy atom. The van der Waals surface area contributed by atoms with Crippen molar-refractivity contribution < 1.29 is 0 Å². The first kappa shape index (κ1) is 13.1. The third-order valence-corrected chi connectivity index (χ3v) is 4.59. The molecule has 2 aromatic rings. The van der Waals surface area contributed by atoms with Crippen LogP contribution in [0.25, 0.3) is 0 Å². The molecule has 90 valence electrons. The summed E-state index contributed by atoms with van der Waals surface area (Å²) in [5, 5.41) is 2.13. The second-order valence-corrected chi connectivity index (χ2v) is 6.39. The highest BCUT2D eigenvalue weighted by Crippen LogP contribution is 2.20. The standard InChI is InChI=1S/C14H14BrClS/c15-13-5-3-11(4-6-13)8-12(10-16)9-14-2-1-7-17-14/h1-7,12H,8-10H2. The maximum absolute atomic E-state index is 6.06. The maximum Gasteiger partial charge on any atom is 0.0258 e. The summed E-state index contributed by atoms with van der Waals surface area (Å²) in [5.74, 6) is 1.24. The molecule has 0 nitrogen and oxygen atoms in total. The molecule has 1 aromatic heterocycles. The first-order valence-corrected chi connectivity index (χ1v) is 7.81. The van der Waals surface area contributed by atoms with Gasteiger partial charge in [-0.1, -0.05) is 34.1 Å². The summed E-state index contributed by atoms with van der Waals surface area (Å²) in [6.45, 7) is 0. The molecule has 1 atom stereocenters. The fourth-order valence-electron chi connectivity index (χ4n) is 1.85. The Balaban J connectivity index is 1.97. The SMILES string of the molecule is ClCC(Cc1ccc(Br)cc1)Cc1cccs1. The van der Waals surface area contributed by atoms with E-state index in [2.05, 4.69) is 57.7 Å². The van der Waals surface area contributed by atoms with Crippen LogP contribution >= 0.6 is 38.9 Å². The minimum Gasteiger partial charge on any atom is -0.149 e. The van der Waals surface area contributed by atoms with Crippen LogP contribution in [-0.4, -0.2) is 5.88 Å². The lowest BCUT2D eigenvalue weighted by Crippen LogP contribution is -2.09. The molecule has 0 spiro atoms. The lowest BCUT2D eigenvalue weighted by atomic mass is 9.97. The van der Waals surface area contributed by atoms with Crippen LogP contribution < -0.4 is 0 Å². The van der Waals surface area contributed by atoms with Gasteiger partial charge in [0, 0.05) is 15.2 Å². The summed E-state index contributed by atoms with van der Waals surface area (Å²) in [6, 6.07) is 12.8. The van der Waals surface area contributed by atoms with Crippen LogP contribution in [0.4, 0.5) is 0 Å². The molecule has 0 aliphatic heterocycles. The monoisotopic (exact) mass is 328 g/mol. The van der Waals surface area contributed by atoms with Gasteiger partial charge in [-0.15, -0.1) is 22.9 Å². The highest BCUT2D eigenvalue weighted by Gasteiger charge is 2.10. The van der Waals surface area contributed by atoms with Gasteiger partial charge >= 0.3 is 0 Å². The Kier molecular flexibility index (Phi) is 5.08. The number of hydrogen-bond donors (Lipinski definition) is 0. The fraction of sp³-hybridized carbons (Fsp3) is 0.286. The molecule has 0 N–H and O–H groups in total. The van der Waals surface area contributed by atoms with Crippen molar-refractivity contribution >= 4 is 38.9 Å². The Morgan fingerprint density at radius 2 is 1.88 bits per heavy atom. The lowest BCUT2D eigenvalue weighted by Gasteiger charge is -2.12. The third kappa shape index (κ3) is 4.13. The van der Waals surface area contributed by atoms with Crippen LogP contribution in [-0.2, 0) is 12.8 Å². The van der Waals surface area contributed by atoms with Crippen molar-refractivity contribution in [2.45, 2.75) is 12.8 Å². The molecule has 0 aliphatic rings. The van der Waals surface area contributed by atoms with Crippen molar-refractivity contribution in [3.05, 3.63) is 56.7 Å². The second kappa shape index (κ2) is 6.58. The first-order valence-electron chi connectivity index (χ1n) is 5.60. The molecule has 0 radical (unpaired) electrons. The van der Waals surface area contributed by atoms with Crippen LogP contribution in [0.15, 0.2) is 46.3 Å². The molecular formula is C14H14BrClS. The molecule has 0 aliphatic carbocycles. The van der Waals surface area contributed by atoms with Crippen molar-refractivity contribution in [2.75, 3.05) is 5.88 Å². The van der Waals surface area contributed by atoms with Gasteiger partial charge in [0.1, 0.15) is 0 Å². The molecule has 0 saturated heterocycles. The van der Waals surface area contributed by atoms with E-state index in [-0.39, 0.29) is 0 Å². The van der Waals surface area contributed by atoms with Crippen LogP contribution in [0.2, 0.25) is 0 Å². The number of benzene rings is 1. The van der Waals surface area contributed by atoms with Gasteiger partial charge in [0.25, 0.3) is 0 Å².